The first-order chi connectivity index (χ1) is 7.79. The lowest BCUT2D eigenvalue weighted by molar-refractivity contribution is 0.233. The largest absolute Gasteiger partial charge is 0.314 e. The highest BCUT2D eigenvalue weighted by Crippen LogP contribution is 2.12. The number of benzene rings is 1. The number of hydrogen-bond acceptors (Lipinski definition) is 3. The number of nitrogens with zero attached hydrogens (tertiary/aromatic N) is 2. The summed E-state index contributed by atoms with van der Waals surface area (Å²) in [6.07, 6.45) is 0. The number of nitriles is 1. The minimum atomic E-state index is 0.782. The Balaban J connectivity index is 2.04. The van der Waals surface area contributed by atoms with Crippen molar-refractivity contribution >= 4 is 0 Å². The molecule has 3 heteroatoms. The summed E-state index contributed by atoms with van der Waals surface area (Å²) in [4.78, 5) is 2.44. The molecule has 0 unspecified atom stereocenters. The lowest BCUT2D eigenvalue weighted by Crippen LogP contribution is -2.42. The van der Waals surface area contributed by atoms with Crippen LogP contribution >= 0.6 is 0 Å². The molecule has 1 heterocycles. The SMILES string of the molecule is Cc1cc(CN2CCNCC2)ccc1C#N. The summed E-state index contributed by atoms with van der Waals surface area (Å²) in [6, 6.07) is 8.31. The molecule has 1 fully saturated rings. The van der Waals surface area contributed by atoms with Crippen molar-refractivity contribution in [1.29, 1.82) is 5.26 Å². The first-order valence-electron chi connectivity index (χ1n) is 5.72. The van der Waals surface area contributed by atoms with Gasteiger partial charge in [0.05, 0.1) is 11.6 Å². The highest BCUT2D eigenvalue weighted by molar-refractivity contribution is 5.39. The van der Waals surface area contributed by atoms with E-state index in [1.165, 1.54) is 5.56 Å². The Kier molecular flexibility index (Phi) is 3.55. The van der Waals surface area contributed by atoms with Gasteiger partial charge in [0, 0.05) is 32.7 Å². The zero-order valence-corrected chi connectivity index (χ0v) is 9.66. The molecular weight excluding hydrogens is 198 g/mol. The third-order valence-electron chi connectivity index (χ3n) is 3.03. The third-order valence-corrected chi connectivity index (χ3v) is 3.03. The third kappa shape index (κ3) is 2.60. The van der Waals surface area contributed by atoms with Gasteiger partial charge in [-0.3, -0.25) is 4.90 Å². The summed E-state index contributed by atoms with van der Waals surface area (Å²) >= 11 is 0. The van der Waals surface area contributed by atoms with E-state index in [0.29, 0.717) is 0 Å². The Bertz CT molecular complexity index is 400. The maximum absolute atomic E-state index is 8.86. The number of piperazine rings is 1. The maximum Gasteiger partial charge on any atom is 0.0994 e. The van der Waals surface area contributed by atoms with Crippen LogP contribution in [0, 0.1) is 18.3 Å². The van der Waals surface area contributed by atoms with Crippen LogP contribution in [-0.2, 0) is 6.54 Å². The van der Waals surface area contributed by atoms with Crippen molar-refractivity contribution < 1.29 is 0 Å². The smallest absolute Gasteiger partial charge is 0.0994 e. The highest BCUT2D eigenvalue weighted by Gasteiger charge is 2.10. The van der Waals surface area contributed by atoms with Gasteiger partial charge >= 0.3 is 0 Å². The van der Waals surface area contributed by atoms with Gasteiger partial charge in [-0.25, -0.2) is 0 Å². The molecule has 1 aliphatic heterocycles. The molecule has 0 aliphatic carbocycles. The summed E-state index contributed by atoms with van der Waals surface area (Å²) in [5.74, 6) is 0. The second kappa shape index (κ2) is 5.11. The zero-order chi connectivity index (χ0) is 11.4. The van der Waals surface area contributed by atoms with Crippen molar-refractivity contribution in [3.8, 4) is 6.07 Å². The van der Waals surface area contributed by atoms with Crippen molar-refractivity contribution in [1.82, 2.24) is 10.2 Å². The van der Waals surface area contributed by atoms with Crippen LogP contribution in [0.15, 0.2) is 18.2 Å². The molecule has 0 spiro atoms. The molecule has 0 saturated carbocycles. The minimum absolute atomic E-state index is 0.782. The molecule has 0 atom stereocenters. The van der Waals surface area contributed by atoms with Crippen molar-refractivity contribution in [2.75, 3.05) is 26.2 Å². The Morgan fingerprint density at radius 1 is 1.38 bits per heavy atom. The lowest BCUT2D eigenvalue weighted by atomic mass is 10.1. The van der Waals surface area contributed by atoms with Gasteiger partial charge in [0.25, 0.3) is 0 Å². The van der Waals surface area contributed by atoms with E-state index in [9.17, 15) is 0 Å². The van der Waals surface area contributed by atoms with Crippen LogP contribution in [0.2, 0.25) is 0 Å². The standard InChI is InChI=1S/C13H17N3/c1-11-8-12(2-3-13(11)9-14)10-16-6-4-15-5-7-16/h2-3,8,15H,4-7,10H2,1H3. The zero-order valence-electron chi connectivity index (χ0n) is 9.66. The van der Waals surface area contributed by atoms with Crippen LogP contribution in [0.5, 0.6) is 0 Å². The normalized spacial score (nSPS) is 17.0. The van der Waals surface area contributed by atoms with E-state index in [2.05, 4.69) is 28.4 Å². The van der Waals surface area contributed by atoms with Crippen molar-refractivity contribution in [2.45, 2.75) is 13.5 Å². The monoisotopic (exact) mass is 215 g/mol. The van der Waals surface area contributed by atoms with Gasteiger partial charge < -0.3 is 5.32 Å². The molecule has 2 rings (SSSR count). The molecule has 0 aromatic heterocycles. The molecular formula is C13H17N3. The van der Waals surface area contributed by atoms with Gasteiger partial charge in [-0.1, -0.05) is 12.1 Å². The van der Waals surface area contributed by atoms with E-state index < -0.39 is 0 Å². The van der Waals surface area contributed by atoms with Crippen LogP contribution in [-0.4, -0.2) is 31.1 Å². The van der Waals surface area contributed by atoms with E-state index in [1.54, 1.807) is 0 Å². The fourth-order valence-corrected chi connectivity index (χ4v) is 2.08. The molecule has 3 nitrogen and oxygen atoms in total. The van der Waals surface area contributed by atoms with Crippen LogP contribution in [0.3, 0.4) is 0 Å². The molecule has 1 aromatic rings. The lowest BCUT2D eigenvalue weighted by Gasteiger charge is -2.27. The summed E-state index contributed by atoms with van der Waals surface area (Å²) in [6.45, 7) is 7.37. The molecule has 1 N–H and O–H groups in total. The van der Waals surface area contributed by atoms with E-state index in [4.69, 9.17) is 5.26 Å². The van der Waals surface area contributed by atoms with E-state index in [-0.39, 0.29) is 0 Å². The summed E-state index contributed by atoms with van der Waals surface area (Å²) in [5.41, 5.74) is 3.16. The first-order valence-corrected chi connectivity index (χ1v) is 5.72. The van der Waals surface area contributed by atoms with Gasteiger partial charge in [0.1, 0.15) is 0 Å². The van der Waals surface area contributed by atoms with Gasteiger partial charge in [-0.2, -0.15) is 5.26 Å². The van der Waals surface area contributed by atoms with Gasteiger partial charge in [0.15, 0.2) is 0 Å². The number of nitrogens with one attached hydrogen (secondary N) is 1. The quantitative estimate of drug-likeness (QED) is 0.807. The Morgan fingerprint density at radius 3 is 2.75 bits per heavy atom. The molecule has 84 valence electrons. The molecule has 0 amide bonds. The van der Waals surface area contributed by atoms with Crippen LogP contribution in [0.1, 0.15) is 16.7 Å². The van der Waals surface area contributed by atoms with Crippen LogP contribution in [0.25, 0.3) is 0 Å². The summed E-state index contributed by atoms with van der Waals surface area (Å²) in [7, 11) is 0. The highest BCUT2D eigenvalue weighted by atomic mass is 15.2. The molecule has 1 aliphatic rings. The van der Waals surface area contributed by atoms with Gasteiger partial charge in [0.2, 0.25) is 0 Å². The number of rotatable bonds is 2. The average Bonchev–Trinajstić information content (AvgIpc) is 2.31. The fourth-order valence-electron chi connectivity index (χ4n) is 2.08. The summed E-state index contributed by atoms with van der Waals surface area (Å²) < 4.78 is 0. The van der Waals surface area contributed by atoms with Crippen LogP contribution in [0.4, 0.5) is 0 Å². The van der Waals surface area contributed by atoms with Crippen molar-refractivity contribution in [3.05, 3.63) is 34.9 Å². The molecule has 1 aromatic carbocycles. The Labute approximate surface area is 96.7 Å². The van der Waals surface area contributed by atoms with E-state index in [0.717, 1.165) is 43.9 Å². The van der Waals surface area contributed by atoms with Gasteiger partial charge in [-0.05, 0) is 24.1 Å². The molecule has 0 radical (unpaired) electrons. The minimum Gasteiger partial charge on any atom is -0.314 e. The predicted octanol–water partition coefficient (Wildman–Crippen LogP) is 1.27. The number of hydrogen-bond donors (Lipinski definition) is 1. The van der Waals surface area contributed by atoms with Gasteiger partial charge in [-0.15, -0.1) is 0 Å². The molecule has 1 saturated heterocycles. The average molecular weight is 215 g/mol. The summed E-state index contributed by atoms with van der Waals surface area (Å²) in [5, 5.41) is 12.2. The Hall–Kier alpha value is -1.37. The number of aryl methyl sites for hydroxylation is 1. The second-order valence-electron chi connectivity index (χ2n) is 4.29. The molecule has 0 bridgehead atoms. The topological polar surface area (TPSA) is 39.1 Å². The second-order valence-corrected chi connectivity index (χ2v) is 4.29. The predicted molar refractivity (Wildman–Crippen MR) is 64.0 cm³/mol. The van der Waals surface area contributed by atoms with Crippen LogP contribution < -0.4 is 5.32 Å². The van der Waals surface area contributed by atoms with E-state index in [1.807, 2.05) is 13.0 Å². The van der Waals surface area contributed by atoms with Crippen molar-refractivity contribution in [3.63, 3.8) is 0 Å². The van der Waals surface area contributed by atoms with E-state index >= 15 is 0 Å². The Morgan fingerprint density at radius 2 is 2.12 bits per heavy atom. The fraction of sp³-hybridized carbons (Fsp3) is 0.462. The molecule has 16 heavy (non-hydrogen) atoms. The van der Waals surface area contributed by atoms with Crippen molar-refractivity contribution in [2.24, 2.45) is 0 Å². The maximum atomic E-state index is 8.86. The first kappa shape index (κ1) is 11.1.